The van der Waals surface area contributed by atoms with E-state index in [2.05, 4.69) is 17.6 Å². The minimum Gasteiger partial charge on any atom is -0.444 e. The van der Waals surface area contributed by atoms with Crippen LogP contribution in [0.1, 0.15) is 96.9 Å². The van der Waals surface area contributed by atoms with Gasteiger partial charge in [-0.3, -0.25) is 9.59 Å². The zero-order valence-electron chi connectivity index (χ0n) is 22.6. The average Bonchev–Trinajstić information content (AvgIpc) is 2.74. The topological polar surface area (TPSA) is 87.7 Å². The molecule has 1 aromatic carbocycles. The summed E-state index contributed by atoms with van der Waals surface area (Å²) in [6.45, 7) is 17.5. The van der Waals surface area contributed by atoms with E-state index in [0.29, 0.717) is 13.0 Å². The van der Waals surface area contributed by atoms with Gasteiger partial charge in [0.25, 0.3) is 0 Å². The molecule has 0 saturated carbocycles. The van der Waals surface area contributed by atoms with Crippen LogP contribution >= 0.6 is 0 Å². The van der Waals surface area contributed by atoms with Gasteiger partial charge >= 0.3 is 6.09 Å². The number of nitrogens with zero attached hydrogens (tertiary/aromatic N) is 1. The predicted octanol–water partition coefficient (Wildman–Crippen LogP) is 5.19. The van der Waals surface area contributed by atoms with Crippen LogP contribution in [0.3, 0.4) is 0 Å². The maximum atomic E-state index is 13.7. The van der Waals surface area contributed by atoms with Crippen LogP contribution in [0.25, 0.3) is 0 Å². The lowest BCUT2D eigenvalue weighted by molar-refractivity contribution is -0.144. The van der Waals surface area contributed by atoms with Gasteiger partial charge in [0.15, 0.2) is 0 Å². The fourth-order valence-corrected chi connectivity index (χ4v) is 3.74. The maximum absolute atomic E-state index is 13.7. The molecule has 2 N–H and O–H groups in total. The van der Waals surface area contributed by atoms with Crippen LogP contribution in [-0.2, 0) is 14.3 Å². The molecule has 0 aliphatic carbocycles. The molecule has 0 spiro atoms. The minimum atomic E-state index is -0.857. The molecule has 34 heavy (non-hydrogen) atoms. The number of amides is 3. The molecule has 3 unspecified atom stereocenters. The molecule has 0 aromatic heterocycles. The van der Waals surface area contributed by atoms with E-state index in [-0.39, 0.29) is 17.9 Å². The number of carbonyl (C=O) groups is 3. The molecule has 3 atom stereocenters. The first-order chi connectivity index (χ1) is 15.8. The van der Waals surface area contributed by atoms with Gasteiger partial charge in [-0.1, -0.05) is 44.9 Å². The first kappa shape index (κ1) is 29.5. The predicted molar refractivity (Wildman–Crippen MR) is 137 cm³/mol. The smallest absolute Gasteiger partial charge is 0.408 e. The molecule has 0 fully saturated rings. The Morgan fingerprint density at radius 2 is 1.71 bits per heavy atom. The highest BCUT2D eigenvalue weighted by molar-refractivity contribution is 5.92. The van der Waals surface area contributed by atoms with Crippen molar-refractivity contribution in [1.29, 1.82) is 0 Å². The van der Waals surface area contributed by atoms with E-state index in [9.17, 15) is 14.4 Å². The first-order valence-electron chi connectivity index (χ1n) is 12.5. The summed E-state index contributed by atoms with van der Waals surface area (Å²) in [5, 5.41) is 5.69. The number of unbranched alkanes of at least 4 members (excludes halogenated alkanes) is 2. The van der Waals surface area contributed by atoms with Gasteiger partial charge < -0.3 is 20.3 Å². The lowest BCUT2D eigenvalue weighted by Crippen LogP contribution is -2.54. The van der Waals surface area contributed by atoms with Gasteiger partial charge in [0.05, 0.1) is 0 Å². The van der Waals surface area contributed by atoms with Gasteiger partial charge in [0.2, 0.25) is 11.8 Å². The van der Waals surface area contributed by atoms with E-state index in [0.717, 1.165) is 36.0 Å². The number of benzene rings is 1. The van der Waals surface area contributed by atoms with E-state index in [4.69, 9.17) is 4.74 Å². The first-order valence-corrected chi connectivity index (χ1v) is 12.5. The number of hydrogen-bond donors (Lipinski definition) is 2. The monoisotopic (exact) mass is 475 g/mol. The van der Waals surface area contributed by atoms with Gasteiger partial charge in [-0.25, -0.2) is 4.79 Å². The highest BCUT2D eigenvalue weighted by Gasteiger charge is 2.37. The quantitative estimate of drug-likeness (QED) is 0.431. The SMILES string of the molecule is CCCCCNC(=O)C(c1cccc(C)c1C)N(C(=O)C(C)NC(=O)OC(C)(C)C)C(C)CC. The maximum Gasteiger partial charge on any atom is 0.408 e. The van der Waals surface area contributed by atoms with Crippen LogP contribution in [0.2, 0.25) is 0 Å². The van der Waals surface area contributed by atoms with Crippen molar-refractivity contribution in [2.75, 3.05) is 6.54 Å². The summed E-state index contributed by atoms with van der Waals surface area (Å²) in [7, 11) is 0. The van der Waals surface area contributed by atoms with Crippen LogP contribution in [0, 0.1) is 13.8 Å². The average molecular weight is 476 g/mol. The lowest BCUT2D eigenvalue weighted by atomic mass is 9.93. The van der Waals surface area contributed by atoms with Crippen molar-refractivity contribution in [1.82, 2.24) is 15.5 Å². The van der Waals surface area contributed by atoms with Crippen LogP contribution in [0.15, 0.2) is 18.2 Å². The molecule has 7 nitrogen and oxygen atoms in total. The summed E-state index contributed by atoms with van der Waals surface area (Å²) in [5.74, 6) is -0.530. The molecule has 0 bridgehead atoms. The van der Waals surface area contributed by atoms with Crippen molar-refractivity contribution in [2.45, 2.75) is 112 Å². The molecular weight excluding hydrogens is 430 g/mol. The molecule has 1 aromatic rings. The highest BCUT2D eigenvalue weighted by atomic mass is 16.6. The molecular formula is C27H45N3O4. The molecule has 0 aliphatic rings. The number of hydrogen-bond acceptors (Lipinski definition) is 4. The summed E-state index contributed by atoms with van der Waals surface area (Å²) in [6.07, 6.45) is 2.97. The fourth-order valence-electron chi connectivity index (χ4n) is 3.74. The van der Waals surface area contributed by atoms with Gasteiger partial charge in [-0.05, 0) is 78.0 Å². The Morgan fingerprint density at radius 3 is 2.26 bits per heavy atom. The van der Waals surface area contributed by atoms with Gasteiger partial charge in [0.1, 0.15) is 17.7 Å². The molecule has 0 saturated heterocycles. The summed E-state index contributed by atoms with van der Waals surface area (Å²) in [6, 6.07) is 3.94. The van der Waals surface area contributed by atoms with Crippen molar-refractivity contribution in [3.05, 3.63) is 34.9 Å². The summed E-state index contributed by atoms with van der Waals surface area (Å²) >= 11 is 0. The van der Waals surface area contributed by atoms with Crippen molar-refractivity contribution in [3.8, 4) is 0 Å². The van der Waals surface area contributed by atoms with Crippen molar-refractivity contribution >= 4 is 17.9 Å². The van der Waals surface area contributed by atoms with Crippen LogP contribution in [0.4, 0.5) is 4.79 Å². The molecule has 3 amide bonds. The number of rotatable bonds is 11. The number of nitrogens with one attached hydrogen (secondary N) is 2. The van der Waals surface area contributed by atoms with Crippen LogP contribution in [0.5, 0.6) is 0 Å². The normalized spacial score (nSPS) is 14.0. The van der Waals surface area contributed by atoms with Gasteiger partial charge in [-0.15, -0.1) is 0 Å². The zero-order valence-corrected chi connectivity index (χ0v) is 22.6. The Kier molecular flexibility index (Phi) is 11.6. The summed E-state index contributed by atoms with van der Waals surface area (Å²) < 4.78 is 5.33. The largest absolute Gasteiger partial charge is 0.444 e. The van der Waals surface area contributed by atoms with Crippen LogP contribution in [-0.4, -0.2) is 47.0 Å². The Morgan fingerprint density at radius 1 is 1.06 bits per heavy atom. The molecule has 0 aliphatic heterocycles. The molecule has 7 heteroatoms. The Bertz CT molecular complexity index is 832. The van der Waals surface area contributed by atoms with E-state index in [1.807, 2.05) is 45.9 Å². The van der Waals surface area contributed by atoms with E-state index < -0.39 is 23.8 Å². The van der Waals surface area contributed by atoms with E-state index in [1.165, 1.54) is 0 Å². The van der Waals surface area contributed by atoms with Crippen molar-refractivity contribution < 1.29 is 19.1 Å². The number of aryl methyl sites for hydroxylation is 1. The second-order valence-corrected chi connectivity index (χ2v) is 10.1. The Balaban J connectivity index is 3.36. The highest BCUT2D eigenvalue weighted by Crippen LogP contribution is 2.29. The van der Waals surface area contributed by atoms with Crippen LogP contribution < -0.4 is 10.6 Å². The lowest BCUT2D eigenvalue weighted by Gasteiger charge is -2.38. The number of alkyl carbamates (subject to hydrolysis) is 1. The number of ether oxygens (including phenoxy) is 1. The molecule has 0 radical (unpaired) electrons. The third-order valence-corrected chi connectivity index (χ3v) is 5.97. The van der Waals surface area contributed by atoms with Gasteiger partial charge in [-0.2, -0.15) is 0 Å². The molecule has 192 valence electrons. The number of carbonyl (C=O) groups excluding carboxylic acids is 3. The second kappa shape index (κ2) is 13.4. The van der Waals surface area contributed by atoms with E-state index in [1.54, 1.807) is 32.6 Å². The summed E-state index contributed by atoms with van der Waals surface area (Å²) in [4.78, 5) is 41.2. The Labute approximate surface area is 206 Å². The van der Waals surface area contributed by atoms with Crippen molar-refractivity contribution in [2.24, 2.45) is 0 Å². The fraction of sp³-hybridized carbons (Fsp3) is 0.667. The van der Waals surface area contributed by atoms with Crippen molar-refractivity contribution in [3.63, 3.8) is 0 Å². The standard InChI is InChI=1S/C27H45N3O4/c1-10-12-13-17-28-24(31)23(22-16-14-15-18(3)20(22)5)30(19(4)11-2)25(32)21(6)29-26(33)34-27(7,8)9/h14-16,19,21,23H,10-13,17H2,1-9H3,(H,28,31)(H,29,33). The Hall–Kier alpha value is -2.57. The minimum absolute atomic E-state index is 0.206. The third-order valence-electron chi connectivity index (χ3n) is 5.97. The molecule has 1 rings (SSSR count). The summed E-state index contributed by atoms with van der Waals surface area (Å²) in [5.41, 5.74) is 2.15. The zero-order chi connectivity index (χ0) is 26.1. The van der Waals surface area contributed by atoms with Gasteiger partial charge in [0, 0.05) is 12.6 Å². The third kappa shape index (κ3) is 8.65. The van der Waals surface area contributed by atoms with E-state index >= 15 is 0 Å². The second-order valence-electron chi connectivity index (χ2n) is 10.1. The molecule has 0 heterocycles.